The number of carbonyl (C=O) groups excluding carboxylic acids is 1. The normalized spacial score (nSPS) is 9.87. The van der Waals surface area contributed by atoms with Gasteiger partial charge in [-0.15, -0.1) is 10.2 Å². The van der Waals surface area contributed by atoms with Gasteiger partial charge in [0.15, 0.2) is 0 Å². The van der Waals surface area contributed by atoms with Crippen LogP contribution in [0.3, 0.4) is 0 Å². The molecule has 0 aromatic carbocycles. The third-order valence-corrected chi connectivity index (χ3v) is 2.15. The first kappa shape index (κ1) is 9.46. The first-order chi connectivity index (χ1) is 7.25. The Kier molecular flexibility index (Phi) is 2.50. The molecule has 0 aliphatic heterocycles. The zero-order valence-corrected chi connectivity index (χ0v) is 8.23. The van der Waals surface area contributed by atoms with Crippen LogP contribution in [-0.2, 0) is 0 Å². The molecule has 0 radical (unpaired) electrons. The standard InChI is InChI=1S/C7H6N6OS/c8-6-12-13-7(15-6)11-5(14)4-1-9-3-10-2-4/h1-3H,(H2,8,12)(H,11,13,14). The van der Waals surface area contributed by atoms with Gasteiger partial charge >= 0.3 is 0 Å². The Bertz CT molecular complexity index is 469. The molecule has 0 fully saturated rings. The molecular formula is C7H6N6OS. The number of nitrogen functional groups attached to an aromatic ring is 1. The molecule has 8 heteroatoms. The van der Waals surface area contributed by atoms with Crippen LogP contribution in [0.4, 0.5) is 10.3 Å². The van der Waals surface area contributed by atoms with Gasteiger partial charge in [0.25, 0.3) is 5.91 Å². The minimum absolute atomic E-state index is 0.301. The van der Waals surface area contributed by atoms with Crippen LogP contribution in [0.2, 0.25) is 0 Å². The lowest BCUT2D eigenvalue weighted by Gasteiger charge is -1.98. The molecule has 0 spiro atoms. The number of amides is 1. The third kappa shape index (κ3) is 2.23. The Labute approximate surface area is 88.4 Å². The number of nitrogens with zero attached hydrogens (tertiary/aromatic N) is 4. The summed E-state index contributed by atoms with van der Waals surface area (Å²) < 4.78 is 0. The van der Waals surface area contributed by atoms with E-state index < -0.39 is 0 Å². The van der Waals surface area contributed by atoms with E-state index in [2.05, 4.69) is 25.5 Å². The SMILES string of the molecule is Nc1nnc(NC(=O)c2cncnc2)s1. The van der Waals surface area contributed by atoms with Crippen LogP contribution in [0, 0.1) is 0 Å². The molecule has 3 N–H and O–H groups in total. The van der Waals surface area contributed by atoms with Gasteiger partial charge in [-0.2, -0.15) is 0 Å². The summed E-state index contributed by atoms with van der Waals surface area (Å²) in [5.41, 5.74) is 5.71. The second-order valence-electron chi connectivity index (χ2n) is 2.53. The number of nitrogens with one attached hydrogen (secondary N) is 1. The van der Waals surface area contributed by atoms with E-state index in [0.29, 0.717) is 15.8 Å². The quantitative estimate of drug-likeness (QED) is 0.749. The molecule has 0 aliphatic carbocycles. The Balaban J connectivity index is 2.11. The fourth-order valence-corrected chi connectivity index (χ4v) is 1.38. The second kappa shape index (κ2) is 3.96. The molecule has 0 bridgehead atoms. The maximum absolute atomic E-state index is 11.5. The number of hydrogen-bond donors (Lipinski definition) is 2. The lowest BCUT2D eigenvalue weighted by molar-refractivity contribution is 0.102. The van der Waals surface area contributed by atoms with Gasteiger partial charge in [0.2, 0.25) is 10.3 Å². The van der Waals surface area contributed by atoms with Crippen molar-refractivity contribution in [2.45, 2.75) is 0 Å². The van der Waals surface area contributed by atoms with Gasteiger partial charge in [-0.3, -0.25) is 10.1 Å². The maximum Gasteiger partial charge on any atom is 0.260 e. The first-order valence-corrected chi connectivity index (χ1v) is 4.72. The van der Waals surface area contributed by atoms with Crippen molar-refractivity contribution in [1.82, 2.24) is 20.2 Å². The van der Waals surface area contributed by atoms with Crippen molar-refractivity contribution in [3.05, 3.63) is 24.3 Å². The molecular weight excluding hydrogens is 216 g/mol. The molecule has 2 aromatic heterocycles. The molecule has 0 saturated carbocycles. The Hall–Kier alpha value is -2.09. The topological polar surface area (TPSA) is 107 Å². The van der Waals surface area contributed by atoms with Crippen LogP contribution in [0.5, 0.6) is 0 Å². The van der Waals surface area contributed by atoms with Crippen molar-refractivity contribution >= 4 is 27.5 Å². The molecule has 2 heterocycles. The van der Waals surface area contributed by atoms with Crippen LogP contribution >= 0.6 is 11.3 Å². The van der Waals surface area contributed by atoms with E-state index in [0.717, 1.165) is 11.3 Å². The number of hydrogen-bond acceptors (Lipinski definition) is 7. The summed E-state index contributed by atoms with van der Waals surface area (Å²) in [4.78, 5) is 19.0. The number of nitrogens with two attached hydrogens (primary N) is 1. The van der Waals surface area contributed by atoms with Gasteiger partial charge in [-0.1, -0.05) is 11.3 Å². The first-order valence-electron chi connectivity index (χ1n) is 3.91. The van der Waals surface area contributed by atoms with Gasteiger partial charge in [0.1, 0.15) is 6.33 Å². The molecule has 2 aromatic rings. The minimum atomic E-state index is -0.341. The van der Waals surface area contributed by atoms with Gasteiger partial charge in [-0.05, 0) is 0 Å². The maximum atomic E-state index is 11.5. The minimum Gasteiger partial charge on any atom is -0.374 e. The van der Waals surface area contributed by atoms with E-state index in [1.807, 2.05) is 0 Å². The predicted molar refractivity (Wildman–Crippen MR) is 54.3 cm³/mol. The van der Waals surface area contributed by atoms with E-state index in [1.165, 1.54) is 18.7 Å². The fraction of sp³-hybridized carbons (Fsp3) is 0. The van der Waals surface area contributed by atoms with Crippen LogP contribution in [0.25, 0.3) is 0 Å². The summed E-state index contributed by atoms with van der Waals surface area (Å²) in [5.74, 6) is -0.341. The highest BCUT2D eigenvalue weighted by atomic mass is 32.1. The van der Waals surface area contributed by atoms with Crippen LogP contribution in [0.1, 0.15) is 10.4 Å². The smallest absolute Gasteiger partial charge is 0.260 e. The van der Waals surface area contributed by atoms with E-state index in [9.17, 15) is 4.79 Å². The number of aromatic nitrogens is 4. The van der Waals surface area contributed by atoms with Gasteiger partial charge in [-0.25, -0.2) is 9.97 Å². The van der Waals surface area contributed by atoms with Crippen molar-refractivity contribution < 1.29 is 4.79 Å². The lowest BCUT2D eigenvalue weighted by Crippen LogP contribution is -2.12. The molecule has 2 rings (SSSR count). The lowest BCUT2D eigenvalue weighted by atomic mass is 10.3. The van der Waals surface area contributed by atoms with Crippen molar-refractivity contribution in [2.75, 3.05) is 11.1 Å². The van der Waals surface area contributed by atoms with Crippen molar-refractivity contribution in [3.63, 3.8) is 0 Å². The molecule has 1 amide bonds. The average molecular weight is 222 g/mol. The van der Waals surface area contributed by atoms with Gasteiger partial charge in [0, 0.05) is 12.4 Å². The monoisotopic (exact) mass is 222 g/mol. The molecule has 15 heavy (non-hydrogen) atoms. The average Bonchev–Trinajstić information content (AvgIpc) is 2.65. The summed E-state index contributed by atoms with van der Waals surface area (Å²) in [6.45, 7) is 0. The number of carbonyl (C=O) groups is 1. The highest BCUT2D eigenvalue weighted by molar-refractivity contribution is 7.19. The Morgan fingerprint density at radius 1 is 1.33 bits per heavy atom. The van der Waals surface area contributed by atoms with Crippen LogP contribution in [-0.4, -0.2) is 26.1 Å². The second-order valence-corrected chi connectivity index (χ2v) is 3.54. The summed E-state index contributed by atoms with van der Waals surface area (Å²) in [6, 6.07) is 0. The molecule has 0 aliphatic rings. The molecule has 76 valence electrons. The Morgan fingerprint density at radius 3 is 2.67 bits per heavy atom. The van der Waals surface area contributed by atoms with Crippen molar-refractivity contribution in [2.24, 2.45) is 0 Å². The summed E-state index contributed by atoms with van der Waals surface area (Å²) in [6.07, 6.45) is 4.17. The number of anilines is 2. The van der Waals surface area contributed by atoms with Gasteiger partial charge in [0.05, 0.1) is 5.56 Å². The molecule has 0 saturated heterocycles. The summed E-state index contributed by atoms with van der Waals surface area (Å²) in [5, 5.41) is 10.4. The van der Waals surface area contributed by atoms with E-state index >= 15 is 0 Å². The Morgan fingerprint density at radius 2 is 2.07 bits per heavy atom. The van der Waals surface area contributed by atoms with Crippen LogP contribution < -0.4 is 11.1 Å². The van der Waals surface area contributed by atoms with E-state index in [1.54, 1.807) is 0 Å². The largest absolute Gasteiger partial charge is 0.374 e. The van der Waals surface area contributed by atoms with Crippen molar-refractivity contribution in [3.8, 4) is 0 Å². The highest BCUT2D eigenvalue weighted by Gasteiger charge is 2.08. The van der Waals surface area contributed by atoms with E-state index in [-0.39, 0.29) is 5.91 Å². The third-order valence-electron chi connectivity index (χ3n) is 1.48. The fourth-order valence-electron chi connectivity index (χ4n) is 0.871. The van der Waals surface area contributed by atoms with Crippen LogP contribution in [0.15, 0.2) is 18.7 Å². The zero-order valence-electron chi connectivity index (χ0n) is 7.41. The summed E-state index contributed by atoms with van der Waals surface area (Å²) in [7, 11) is 0. The molecule has 0 atom stereocenters. The van der Waals surface area contributed by atoms with E-state index in [4.69, 9.17) is 5.73 Å². The number of rotatable bonds is 2. The summed E-state index contributed by atoms with van der Waals surface area (Å²) >= 11 is 1.09. The van der Waals surface area contributed by atoms with Gasteiger partial charge < -0.3 is 5.73 Å². The zero-order chi connectivity index (χ0) is 10.7. The predicted octanol–water partition coefficient (Wildman–Crippen LogP) is 0.163. The molecule has 7 nitrogen and oxygen atoms in total. The van der Waals surface area contributed by atoms with Crippen molar-refractivity contribution in [1.29, 1.82) is 0 Å². The molecule has 0 unspecified atom stereocenters. The highest BCUT2D eigenvalue weighted by Crippen LogP contribution is 2.16.